The van der Waals surface area contributed by atoms with Gasteiger partial charge in [-0.15, -0.1) is 10.2 Å². The van der Waals surface area contributed by atoms with Crippen LogP contribution in [0, 0.1) is 11.3 Å². The van der Waals surface area contributed by atoms with Gasteiger partial charge in [-0.3, -0.25) is 9.59 Å². The maximum absolute atomic E-state index is 11.3. The van der Waals surface area contributed by atoms with Gasteiger partial charge >= 0.3 is 0 Å². The summed E-state index contributed by atoms with van der Waals surface area (Å²) in [5.41, 5.74) is 17.9. The number of carbonyl (C=O) groups excluding carboxylic acids is 2. The second-order valence-electron chi connectivity index (χ2n) is 11.0. The molecule has 4 unspecified atom stereocenters. The minimum Gasteiger partial charge on any atom is -1.00 e. The van der Waals surface area contributed by atoms with Crippen molar-refractivity contribution in [2.45, 2.75) is 86.4 Å². The first-order valence-electron chi connectivity index (χ1n) is 14.5. The summed E-state index contributed by atoms with van der Waals surface area (Å²) < 4.78 is 5.01. The molecule has 2 fully saturated rings. The first-order valence-corrected chi connectivity index (χ1v) is 19.0. The SMILES string of the molecule is CS(C)(N=C(N)CCCCCCC(=N)CC1CCC1SCCNC(=O)CN)C1CCC1SCCNC(=O)CN.[Cl-].[Cl-]. The van der Waals surface area contributed by atoms with Gasteiger partial charge in [-0.25, -0.2) is 4.40 Å². The average molecular weight is 675 g/mol. The topological polar surface area (TPSA) is 172 Å². The third-order valence-corrected chi connectivity index (χ3v) is 13.5. The Morgan fingerprint density at radius 1 is 0.854 bits per heavy atom. The van der Waals surface area contributed by atoms with Crippen LogP contribution in [0.25, 0.3) is 0 Å². The van der Waals surface area contributed by atoms with Crippen molar-refractivity contribution in [3.63, 3.8) is 0 Å². The van der Waals surface area contributed by atoms with E-state index in [0.29, 0.717) is 34.8 Å². The number of hydrogen-bond acceptors (Lipinski definition) is 8. The molecule has 0 aromatic heterocycles. The molecule has 0 aliphatic heterocycles. The standard InChI is InChI=1S/C27H53N7O2S3.2ClH/c1-39(2,24-12-11-23(24)38-16-14-33-27(36)19-29)34-25(31)8-6-4-3-5-7-21(30)17-20-9-10-22(20)37-15-13-32-26(35)18-28;;/h20,22-24,30H,3-19,28-29H2,1-2H3,(H2,31,34)(H,32,35)(H,33,36);2*1H/p-2. The van der Waals surface area contributed by atoms with Crippen LogP contribution in [0.2, 0.25) is 0 Å². The average Bonchev–Trinajstić information content (AvgIpc) is 2.86. The zero-order valence-corrected chi connectivity index (χ0v) is 28.8. The molecule has 0 spiro atoms. The third-order valence-electron chi connectivity index (χ3n) is 7.64. The zero-order chi connectivity index (χ0) is 28.7. The number of nitrogens with zero attached hydrogens (tertiary/aromatic N) is 1. The maximum atomic E-state index is 11.3. The van der Waals surface area contributed by atoms with Crippen LogP contribution in [0.4, 0.5) is 0 Å². The summed E-state index contributed by atoms with van der Waals surface area (Å²) >= 11 is 3.87. The highest BCUT2D eigenvalue weighted by molar-refractivity contribution is 8.32. The van der Waals surface area contributed by atoms with E-state index >= 15 is 0 Å². The first kappa shape index (κ1) is 40.6. The maximum Gasteiger partial charge on any atom is 0.233 e. The van der Waals surface area contributed by atoms with Crippen molar-refractivity contribution < 1.29 is 34.4 Å². The largest absolute Gasteiger partial charge is 1.00 e. The fraction of sp³-hybridized carbons (Fsp3) is 0.852. The van der Waals surface area contributed by atoms with Crippen LogP contribution in [0.5, 0.6) is 0 Å². The summed E-state index contributed by atoms with van der Waals surface area (Å²) in [7, 11) is -1.13. The predicted octanol–water partition coefficient (Wildman–Crippen LogP) is -2.99. The van der Waals surface area contributed by atoms with E-state index in [-0.39, 0.29) is 49.7 Å². The van der Waals surface area contributed by atoms with Crippen LogP contribution in [-0.2, 0) is 9.59 Å². The van der Waals surface area contributed by atoms with Crippen molar-refractivity contribution >= 4 is 57.1 Å². The molecule has 4 atom stereocenters. The summed E-state index contributed by atoms with van der Waals surface area (Å²) in [5, 5.41) is 15.9. The van der Waals surface area contributed by atoms with Gasteiger partial charge in [-0.1, -0.05) is 12.8 Å². The van der Waals surface area contributed by atoms with E-state index in [1.165, 1.54) is 25.7 Å². The van der Waals surface area contributed by atoms with Crippen molar-refractivity contribution in [2.24, 2.45) is 27.5 Å². The second-order valence-corrected chi connectivity index (χ2v) is 17.2. The van der Waals surface area contributed by atoms with Crippen LogP contribution in [0.1, 0.15) is 70.6 Å². The number of halogens is 2. The van der Waals surface area contributed by atoms with Crippen molar-refractivity contribution in [3.05, 3.63) is 0 Å². The minimum absolute atomic E-state index is 0. The highest BCUT2D eigenvalue weighted by atomic mass is 35.5. The molecular formula is C27H53Cl2N7O2S3-2. The number of nitrogens with one attached hydrogen (secondary N) is 3. The van der Waals surface area contributed by atoms with Crippen molar-refractivity contribution in [3.8, 4) is 0 Å². The lowest BCUT2D eigenvalue weighted by Gasteiger charge is -2.47. The first-order chi connectivity index (χ1) is 18.7. The Morgan fingerprint density at radius 3 is 1.88 bits per heavy atom. The van der Waals surface area contributed by atoms with E-state index in [0.717, 1.165) is 68.0 Å². The van der Waals surface area contributed by atoms with Crippen LogP contribution in [0.15, 0.2) is 4.40 Å². The molecule has 2 aliphatic rings. The highest BCUT2D eigenvalue weighted by Gasteiger charge is 2.39. The van der Waals surface area contributed by atoms with Crippen LogP contribution < -0.4 is 52.6 Å². The van der Waals surface area contributed by atoms with Gasteiger partial charge in [-0.05, 0) is 69.8 Å². The number of amides is 2. The number of amidine groups is 1. The smallest absolute Gasteiger partial charge is 0.233 e. The number of nitrogens with two attached hydrogens (primary N) is 3. The van der Waals surface area contributed by atoms with Crippen LogP contribution in [0.3, 0.4) is 0 Å². The van der Waals surface area contributed by atoms with Gasteiger partial charge in [0.2, 0.25) is 11.8 Å². The van der Waals surface area contributed by atoms with Gasteiger partial charge in [0.15, 0.2) is 0 Å². The number of carbonyl (C=O) groups is 2. The lowest BCUT2D eigenvalue weighted by atomic mass is 9.80. The molecule has 14 heteroatoms. The molecule has 9 nitrogen and oxygen atoms in total. The fourth-order valence-corrected chi connectivity index (χ4v) is 11.0. The van der Waals surface area contributed by atoms with E-state index in [2.05, 4.69) is 23.1 Å². The van der Waals surface area contributed by atoms with Gasteiger partial charge < -0.3 is 58.1 Å². The molecule has 0 radical (unpaired) electrons. The molecule has 0 aromatic carbocycles. The molecule has 0 heterocycles. The van der Waals surface area contributed by atoms with Crippen LogP contribution >= 0.6 is 33.7 Å². The molecule has 0 saturated heterocycles. The lowest BCUT2D eigenvalue weighted by molar-refractivity contribution is -0.120. The Balaban J connectivity index is 0.00000800. The summed E-state index contributed by atoms with van der Waals surface area (Å²) in [6, 6.07) is 0. The summed E-state index contributed by atoms with van der Waals surface area (Å²) in [6.07, 6.45) is 16.5. The van der Waals surface area contributed by atoms with Gasteiger partial charge in [0.1, 0.15) is 5.84 Å². The van der Waals surface area contributed by atoms with Gasteiger partial charge in [0, 0.05) is 52.5 Å². The fourth-order valence-electron chi connectivity index (χ4n) is 5.06. The molecule has 242 valence electrons. The zero-order valence-electron chi connectivity index (χ0n) is 24.8. The monoisotopic (exact) mass is 673 g/mol. The van der Waals surface area contributed by atoms with Gasteiger partial charge in [0.05, 0.1) is 13.1 Å². The summed E-state index contributed by atoms with van der Waals surface area (Å²) in [4.78, 5) is 22.5. The Hall–Kier alpha value is -0.370. The van der Waals surface area contributed by atoms with Crippen LogP contribution in [-0.4, -0.2) is 89.3 Å². The quantitative estimate of drug-likeness (QED) is 0.0428. The Morgan fingerprint density at radius 2 is 1.39 bits per heavy atom. The molecular weight excluding hydrogens is 621 g/mol. The Bertz CT molecular complexity index is 824. The molecule has 2 saturated carbocycles. The molecule has 41 heavy (non-hydrogen) atoms. The minimum atomic E-state index is -1.13. The Kier molecular flexibility index (Phi) is 22.0. The number of thioether (sulfide) groups is 2. The lowest BCUT2D eigenvalue weighted by Crippen LogP contribution is -3.00. The predicted molar refractivity (Wildman–Crippen MR) is 173 cm³/mol. The van der Waals surface area contributed by atoms with Gasteiger partial charge in [0.25, 0.3) is 0 Å². The third kappa shape index (κ3) is 15.8. The normalized spacial score (nSPS) is 22.3. The Labute approximate surface area is 270 Å². The summed E-state index contributed by atoms with van der Waals surface area (Å²) in [6.45, 7) is 1.44. The van der Waals surface area contributed by atoms with Crippen molar-refractivity contribution in [1.82, 2.24) is 10.6 Å². The molecule has 2 rings (SSSR count). The number of rotatable bonds is 21. The summed E-state index contributed by atoms with van der Waals surface area (Å²) in [5.74, 6) is 3.06. The molecule has 2 aliphatic carbocycles. The van der Waals surface area contributed by atoms with Crippen molar-refractivity contribution in [1.29, 1.82) is 5.41 Å². The highest BCUT2D eigenvalue weighted by Crippen LogP contribution is 2.57. The van der Waals surface area contributed by atoms with E-state index in [9.17, 15) is 9.59 Å². The number of unbranched alkanes of at least 4 members (excludes halogenated alkanes) is 3. The van der Waals surface area contributed by atoms with E-state index in [1.54, 1.807) is 0 Å². The van der Waals surface area contributed by atoms with E-state index in [4.69, 9.17) is 27.0 Å². The molecule has 9 N–H and O–H groups in total. The second kappa shape index (κ2) is 22.2. The molecule has 0 aromatic rings. The van der Waals surface area contributed by atoms with E-state index < -0.39 is 10.2 Å². The van der Waals surface area contributed by atoms with Crippen molar-refractivity contribution in [2.75, 3.05) is 50.2 Å². The molecule has 2 amide bonds. The van der Waals surface area contributed by atoms with E-state index in [1.807, 2.05) is 23.5 Å². The number of hydrogen-bond donors (Lipinski definition) is 6. The van der Waals surface area contributed by atoms with Gasteiger partial charge in [-0.2, -0.15) is 23.5 Å². The molecule has 0 bridgehead atoms.